The molecule has 0 bridgehead atoms. The topological polar surface area (TPSA) is 143 Å². The second-order valence-corrected chi connectivity index (χ2v) is 2.85. The molecule has 0 fully saturated rings. The number of nitrogens with zero attached hydrogens (tertiary/aromatic N) is 1. The molecule has 86 valence electrons. The Balaban J connectivity index is 0.00000225. The zero-order valence-corrected chi connectivity index (χ0v) is 8.88. The van der Waals surface area contributed by atoms with Gasteiger partial charge in [0.05, 0.1) is 4.92 Å². The third-order valence-electron chi connectivity index (χ3n) is 1.75. The highest BCUT2D eigenvalue weighted by Crippen LogP contribution is 2.16. The summed E-state index contributed by atoms with van der Waals surface area (Å²) in [7, 11) is 0. The molecule has 0 saturated carbocycles. The molecule has 0 amide bonds. The van der Waals surface area contributed by atoms with Gasteiger partial charge in [0.25, 0.3) is 5.69 Å². The number of nitrogens with one attached hydrogen (secondary N) is 2. The number of benzene rings is 1. The van der Waals surface area contributed by atoms with E-state index in [0.29, 0.717) is 0 Å². The zero-order chi connectivity index (χ0) is 11.6. The van der Waals surface area contributed by atoms with Crippen LogP contribution in [-0.4, -0.2) is 16.6 Å². The van der Waals surface area contributed by atoms with E-state index in [1.54, 1.807) is 0 Å². The van der Waals surface area contributed by atoms with Crippen molar-refractivity contribution in [1.29, 1.82) is 10.8 Å². The summed E-state index contributed by atoms with van der Waals surface area (Å²) < 4.78 is 0. The lowest BCUT2D eigenvalue weighted by molar-refractivity contribution is -0.384. The summed E-state index contributed by atoms with van der Waals surface area (Å²) in [6.07, 6.45) is 0. The number of nitro groups is 1. The molecule has 1 aromatic rings. The molecule has 6 N–H and O–H groups in total. The Morgan fingerprint density at radius 1 is 1.12 bits per heavy atom. The van der Waals surface area contributed by atoms with E-state index in [1.165, 1.54) is 6.07 Å². The van der Waals surface area contributed by atoms with Gasteiger partial charge in [0.1, 0.15) is 11.7 Å². The Morgan fingerprint density at radius 2 is 1.50 bits per heavy atom. The summed E-state index contributed by atoms with van der Waals surface area (Å²) in [4.78, 5) is 9.91. The fraction of sp³-hybridized carbons (Fsp3) is 0. The second-order valence-electron chi connectivity index (χ2n) is 2.85. The van der Waals surface area contributed by atoms with Gasteiger partial charge in [0.2, 0.25) is 0 Å². The summed E-state index contributed by atoms with van der Waals surface area (Å²) in [5.41, 5.74) is 10.5. The fourth-order valence-electron chi connectivity index (χ4n) is 1.03. The predicted molar refractivity (Wildman–Crippen MR) is 62.4 cm³/mol. The minimum atomic E-state index is -0.626. The van der Waals surface area contributed by atoms with Gasteiger partial charge in [-0.25, -0.2) is 0 Å². The molecule has 0 aliphatic rings. The molecule has 0 aromatic heterocycles. The van der Waals surface area contributed by atoms with Crippen LogP contribution in [0.4, 0.5) is 5.69 Å². The van der Waals surface area contributed by atoms with Crippen molar-refractivity contribution in [3.8, 4) is 0 Å². The predicted octanol–water partition coefficient (Wildman–Crippen LogP) is 0.585. The first-order valence-corrected chi connectivity index (χ1v) is 3.90. The van der Waals surface area contributed by atoms with Crippen LogP contribution in [0.3, 0.4) is 0 Å². The molecule has 0 radical (unpaired) electrons. The Morgan fingerprint density at radius 3 is 1.75 bits per heavy atom. The third-order valence-corrected chi connectivity index (χ3v) is 1.75. The maximum absolute atomic E-state index is 10.5. The normalized spacial score (nSPS) is 9.00. The highest BCUT2D eigenvalue weighted by atomic mass is 35.5. The second kappa shape index (κ2) is 5.08. The van der Waals surface area contributed by atoms with E-state index in [0.717, 1.165) is 12.1 Å². The van der Waals surface area contributed by atoms with Crippen LogP contribution >= 0.6 is 12.4 Å². The van der Waals surface area contributed by atoms with Crippen molar-refractivity contribution in [3.63, 3.8) is 0 Å². The van der Waals surface area contributed by atoms with Crippen molar-refractivity contribution in [3.05, 3.63) is 39.4 Å². The van der Waals surface area contributed by atoms with Crippen molar-refractivity contribution in [1.82, 2.24) is 0 Å². The van der Waals surface area contributed by atoms with Gasteiger partial charge in [-0.05, 0) is 6.07 Å². The Labute approximate surface area is 97.0 Å². The monoisotopic (exact) mass is 243 g/mol. The fourth-order valence-corrected chi connectivity index (χ4v) is 1.03. The van der Waals surface area contributed by atoms with Crippen LogP contribution in [0.15, 0.2) is 18.2 Å². The summed E-state index contributed by atoms with van der Waals surface area (Å²) in [6, 6.07) is 3.68. The summed E-state index contributed by atoms with van der Waals surface area (Å²) >= 11 is 0. The highest BCUT2D eigenvalue weighted by Gasteiger charge is 2.12. The molecule has 0 atom stereocenters. The Bertz CT molecular complexity index is 381. The number of hydrogen-bond donors (Lipinski definition) is 4. The molecule has 1 rings (SSSR count). The molecule has 1 aromatic carbocycles. The van der Waals surface area contributed by atoms with Gasteiger partial charge < -0.3 is 11.5 Å². The number of nitrogens with two attached hydrogens (primary N) is 2. The quantitative estimate of drug-likeness (QED) is 0.266. The van der Waals surface area contributed by atoms with Crippen molar-refractivity contribution in [2.75, 3.05) is 0 Å². The number of amidine groups is 2. The molecular weight excluding hydrogens is 234 g/mol. The SMILES string of the molecule is Cl.N=C(N)c1cc(C(=N)N)cc([N+](=O)[O-])c1. The van der Waals surface area contributed by atoms with E-state index in [9.17, 15) is 10.1 Å². The van der Waals surface area contributed by atoms with E-state index in [-0.39, 0.29) is 40.9 Å². The lowest BCUT2D eigenvalue weighted by Crippen LogP contribution is -2.16. The Hall–Kier alpha value is -2.15. The first-order chi connectivity index (χ1) is 6.91. The smallest absolute Gasteiger partial charge is 0.270 e. The molecule has 0 heterocycles. The standard InChI is InChI=1S/C8H9N5O2.ClH/c9-7(10)4-1-5(8(11)12)3-6(2-4)13(14)15;/h1-3H,(H3,9,10)(H3,11,12);1H. The molecule has 0 aliphatic heterocycles. The molecule has 0 aliphatic carbocycles. The summed E-state index contributed by atoms with van der Waals surface area (Å²) in [6.45, 7) is 0. The molecule has 0 spiro atoms. The van der Waals surface area contributed by atoms with Crippen molar-refractivity contribution in [2.24, 2.45) is 11.5 Å². The largest absolute Gasteiger partial charge is 0.384 e. The number of hydrogen-bond acceptors (Lipinski definition) is 4. The minimum Gasteiger partial charge on any atom is -0.384 e. The van der Waals surface area contributed by atoms with Crippen LogP contribution in [0.25, 0.3) is 0 Å². The average molecular weight is 244 g/mol. The van der Waals surface area contributed by atoms with Crippen molar-refractivity contribution < 1.29 is 4.92 Å². The third kappa shape index (κ3) is 2.92. The van der Waals surface area contributed by atoms with Crippen molar-refractivity contribution >= 4 is 29.8 Å². The van der Waals surface area contributed by atoms with E-state index in [1.807, 2.05) is 0 Å². The van der Waals surface area contributed by atoms with Gasteiger partial charge in [-0.2, -0.15) is 0 Å². The first-order valence-electron chi connectivity index (χ1n) is 3.90. The number of nitrogen functional groups attached to an aromatic ring is 2. The van der Waals surface area contributed by atoms with Crippen LogP contribution in [-0.2, 0) is 0 Å². The van der Waals surface area contributed by atoms with Gasteiger partial charge in [-0.15, -0.1) is 12.4 Å². The maximum Gasteiger partial charge on any atom is 0.270 e. The van der Waals surface area contributed by atoms with Crippen LogP contribution < -0.4 is 11.5 Å². The van der Waals surface area contributed by atoms with Crippen LogP contribution in [0.1, 0.15) is 11.1 Å². The summed E-state index contributed by atoms with van der Waals surface area (Å²) in [5.74, 6) is -0.609. The van der Waals surface area contributed by atoms with E-state index in [4.69, 9.17) is 22.3 Å². The van der Waals surface area contributed by atoms with Gasteiger partial charge in [0.15, 0.2) is 0 Å². The molecule has 0 unspecified atom stereocenters. The number of rotatable bonds is 3. The van der Waals surface area contributed by atoms with Gasteiger partial charge in [0, 0.05) is 23.3 Å². The Kier molecular flexibility index (Phi) is 4.40. The lowest BCUT2D eigenvalue weighted by Gasteiger charge is -2.02. The van der Waals surface area contributed by atoms with Crippen LogP contribution in [0.2, 0.25) is 0 Å². The highest BCUT2D eigenvalue weighted by molar-refractivity contribution is 6.01. The number of non-ortho nitro benzene ring substituents is 1. The van der Waals surface area contributed by atoms with E-state index >= 15 is 0 Å². The summed E-state index contributed by atoms with van der Waals surface area (Å²) in [5, 5.41) is 24.8. The maximum atomic E-state index is 10.5. The molecule has 0 saturated heterocycles. The minimum absolute atomic E-state index is 0. The average Bonchev–Trinajstić information content (AvgIpc) is 2.16. The van der Waals surface area contributed by atoms with Gasteiger partial charge in [-0.3, -0.25) is 20.9 Å². The van der Waals surface area contributed by atoms with Gasteiger partial charge in [-0.1, -0.05) is 0 Å². The lowest BCUT2D eigenvalue weighted by atomic mass is 10.1. The van der Waals surface area contributed by atoms with E-state index < -0.39 is 4.92 Å². The first kappa shape index (κ1) is 13.8. The number of nitro benzene ring substituents is 1. The van der Waals surface area contributed by atoms with Crippen LogP contribution in [0, 0.1) is 20.9 Å². The molecular formula is C8H10ClN5O2. The zero-order valence-electron chi connectivity index (χ0n) is 8.06. The van der Waals surface area contributed by atoms with Gasteiger partial charge >= 0.3 is 0 Å². The van der Waals surface area contributed by atoms with Crippen molar-refractivity contribution in [2.45, 2.75) is 0 Å². The number of halogens is 1. The molecule has 16 heavy (non-hydrogen) atoms. The van der Waals surface area contributed by atoms with E-state index in [2.05, 4.69) is 0 Å². The molecule has 7 nitrogen and oxygen atoms in total. The molecule has 8 heteroatoms. The van der Waals surface area contributed by atoms with Crippen LogP contribution in [0.5, 0.6) is 0 Å².